The van der Waals surface area contributed by atoms with Gasteiger partial charge >= 0.3 is 0 Å². The number of hydrogen-bond donors (Lipinski definition) is 2. The van der Waals surface area contributed by atoms with Crippen LogP contribution in [0.15, 0.2) is 0 Å². The Labute approximate surface area is 141 Å². The van der Waals surface area contributed by atoms with Crippen molar-refractivity contribution in [3.63, 3.8) is 0 Å². The summed E-state index contributed by atoms with van der Waals surface area (Å²) in [7, 11) is 0.237. The van der Waals surface area contributed by atoms with Crippen LogP contribution < -0.4 is 10.2 Å². The Morgan fingerprint density at radius 1 is 0.619 bits per heavy atom. The largest absolute Gasteiger partial charge is 0.295 e. The highest BCUT2D eigenvalue weighted by atomic mass is 32.2. The summed E-state index contributed by atoms with van der Waals surface area (Å²) in [6.07, 6.45) is 10.9. The first-order valence-corrected chi connectivity index (χ1v) is 13.4. The van der Waals surface area contributed by atoms with Crippen LogP contribution >= 0.6 is 27.9 Å². The Bertz CT molecular complexity index is 177. The van der Waals surface area contributed by atoms with E-state index in [0.717, 1.165) is 0 Å². The first kappa shape index (κ1) is 22.1. The van der Waals surface area contributed by atoms with Crippen LogP contribution in [0.25, 0.3) is 0 Å². The van der Waals surface area contributed by atoms with Gasteiger partial charge in [-0.1, -0.05) is 53.4 Å². The molecule has 128 valence electrons. The van der Waals surface area contributed by atoms with Gasteiger partial charge in [0.15, 0.2) is 0 Å². The molecule has 0 bridgehead atoms. The third kappa shape index (κ3) is 14.5. The van der Waals surface area contributed by atoms with Gasteiger partial charge in [0, 0.05) is 24.6 Å². The molecule has 0 radical (unpaired) electrons. The van der Waals surface area contributed by atoms with Gasteiger partial charge in [-0.15, -0.1) is 0 Å². The molecule has 0 unspecified atom stereocenters. The fraction of sp³-hybridized carbons (Fsp3) is 1.00. The van der Waals surface area contributed by atoms with E-state index in [1.54, 1.807) is 0 Å². The summed E-state index contributed by atoms with van der Waals surface area (Å²) >= 11 is 2.11. The van der Waals surface area contributed by atoms with E-state index in [2.05, 4.69) is 49.6 Å². The van der Waals surface area contributed by atoms with Crippen molar-refractivity contribution in [2.75, 3.05) is 49.2 Å². The van der Waals surface area contributed by atoms with Crippen molar-refractivity contribution in [1.29, 1.82) is 0 Å². The molecule has 0 aromatic carbocycles. The molecule has 0 saturated heterocycles. The van der Waals surface area contributed by atoms with Crippen molar-refractivity contribution in [2.45, 2.75) is 53.4 Å². The predicted molar refractivity (Wildman–Crippen MR) is 108 cm³/mol. The van der Waals surface area contributed by atoms with Crippen LogP contribution in [0.2, 0.25) is 0 Å². The smallest absolute Gasteiger partial charge is 0.00811 e. The van der Waals surface area contributed by atoms with Gasteiger partial charge in [-0.05, 0) is 40.8 Å². The van der Waals surface area contributed by atoms with E-state index in [-0.39, 0.29) is 16.1 Å². The van der Waals surface area contributed by atoms with E-state index in [1.165, 1.54) is 74.9 Å². The van der Waals surface area contributed by atoms with Crippen molar-refractivity contribution in [2.24, 2.45) is 0 Å². The molecule has 0 aromatic rings. The topological polar surface area (TPSA) is 24.1 Å². The minimum absolute atomic E-state index is 0.119. The molecular formula is C16H38N2P2S. The maximum absolute atomic E-state index is 3.79. The summed E-state index contributed by atoms with van der Waals surface area (Å²) < 4.78 is 0. The van der Waals surface area contributed by atoms with Crippen LogP contribution in [0.4, 0.5) is 0 Å². The summed E-state index contributed by atoms with van der Waals surface area (Å²) in [5.41, 5.74) is 0. The predicted octanol–water partition coefficient (Wildman–Crippen LogP) is 5.33. The lowest BCUT2D eigenvalue weighted by Gasteiger charge is -2.18. The standard InChI is InChI=1S/C16H38N2P2S/c1-5-11-19(12-6-2)17-9-15-21-16-10-18-20(13-7-3)14-8-4/h17-18H,5-16H2,1-4H3. The Balaban J connectivity index is 3.48. The maximum Gasteiger partial charge on any atom is 0.00811 e. The third-order valence-electron chi connectivity index (χ3n) is 3.14. The summed E-state index contributed by atoms with van der Waals surface area (Å²) in [5, 5.41) is 7.58. The maximum atomic E-state index is 3.79. The number of hydrogen-bond acceptors (Lipinski definition) is 3. The molecule has 2 N–H and O–H groups in total. The average Bonchev–Trinajstić information content (AvgIpc) is 2.47. The van der Waals surface area contributed by atoms with Crippen LogP contribution in [0.1, 0.15) is 53.4 Å². The summed E-state index contributed by atoms with van der Waals surface area (Å²) in [6.45, 7) is 11.6. The van der Waals surface area contributed by atoms with Crippen LogP contribution in [0.5, 0.6) is 0 Å². The first-order chi connectivity index (χ1) is 10.3. The average molecular weight is 353 g/mol. The van der Waals surface area contributed by atoms with Gasteiger partial charge in [-0.2, -0.15) is 11.8 Å². The molecule has 0 aliphatic rings. The summed E-state index contributed by atoms with van der Waals surface area (Å²) in [5.74, 6) is 2.54. The molecule has 5 heteroatoms. The summed E-state index contributed by atoms with van der Waals surface area (Å²) in [4.78, 5) is 0. The molecule has 0 amide bonds. The molecule has 0 aromatic heterocycles. The zero-order valence-corrected chi connectivity index (χ0v) is 17.4. The SMILES string of the molecule is CCCP(CCC)NCCSCCNP(CCC)CCC. The molecule has 0 saturated carbocycles. The van der Waals surface area contributed by atoms with Crippen LogP contribution in [-0.4, -0.2) is 49.2 Å². The van der Waals surface area contributed by atoms with E-state index >= 15 is 0 Å². The van der Waals surface area contributed by atoms with Crippen molar-refractivity contribution < 1.29 is 0 Å². The van der Waals surface area contributed by atoms with Crippen molar-refractivity contribution in [3.8, 4) is 0 Å². The molecular weight excluding hydrogens is 314 g/mol. The minimum atomic E-state index is 0.119. The number of rotatable bonds is 16. The van der Waals surface area contributed by atoms with Gasteiger partial charge in [0.2, 0.25) is 0 Å². The van der Waals surface area contributed by atoms with E-state index in [1.807, 2.05) is 0 Å². The van der Waals surface area contributed by atoms with Crippen molar-refractivity contribution in [3.05, 3.63) is 0 Å². The van der Waals surface area contributed by atoms with Crippen LogP contribution in [0, 0.1) is 0 Å². The highest BCUT2D eigenvalue weighted by molar-refractivity contribution is 7.99. The molecule has 2 nitrogen and oxygen atoms in total. The highest BCUT2D eigenvalue weighted by Crippen LogP contribution is 2.32. The fourth-order valence-corrected chi connectivity index (χ4v) is 7.37. The Hall–Kier alpha value is 1.13. The van der Waals surface area contributed by atoms with Gasteiger partial charge in [0.25, 0.3) is 0 Å². The lowest BCUT2D eigenvalue weighted by molar-refractivity contribution is 0.958. The molecule has 0 heterocycles. The first-order valence-electron chi connectivity index (χ1n) is 8.83. The van der Waals surface area contributed by atoms with E-state index in [4.69, 9.17) is 0 Å². The zero-order chi connectivity index (χ0) is 15.8. The number of thioether (sulfide) groups is 1. The Morgan fingerprint density at radius 3 is 1.24 bits per heavy atom. The third-order valence-corrected chi connectivity index (χ3v) is 9.41. The molecule has 0 spiro atoms. The monoisotopic (exact) mass is 352 g/mol. The molecule has 0 aliphatic heterocycles. The fourth-order valence-electron chi connectivity index (χ4n) is 2.27. The molecule has 0 rings (SSSR count). The number of nitrogens with one attached hydrogen (secondary N) is 2. The van der Waals surface area contributed by atoms with Gasteiger partial charge in [0.1, 0.15) is 0 Å². The van der Waals surface area contributed by atoms with Crippen LogP contribution in [0.3, 0.4) is 0 Å². The van der Waals surface area contributed by atoms with Gasteiger partial charge in [0.05, 0.1) is 0 Å². The van der Waals surface area contributed by atoms with Crippen molar-refractivity contribution >= 4 is 27.9 Å². The molecule has 0 fully saturated rings. The highest BCUT2D eigenvalue weighted by Gasteiger charge is 2.05. The van der Waals surface area contributed by atoms with E-state index < -0.39 is 0 Å². The zero-order valence-electron chi connectivity index (χ0n) is 14.8. The van der Waals surface area contributed by atoms with Gasteiger partial charge < -0.3 is 0 Å². The summed E-state index contributed by atoms with van der Waals surface area (Å²) in [6, 6.07) is 0. The lowest BCUT2D eigenvalue weighted by Crippen LogP contribution is -2.17. The second-order valence-corrected chi connectivity index (χ2v) is 11.2. The van der Waals surface area contributed by atoms with E-state index in [0.29, 0.717) is 0 Å². The Kier molecular flexibility index (Phi) is 18.4. The van der Waals surface area contributed by atoms with Crippen molar-refractivity contribution in [1.82, 2.24) is 10.2 Å². The van der Waals surface area contributed by atoms with Crippen LogP contribution in [-0.2, 0) is 0 Å². The Morgan fingerprint density at radius 2 is 0.952 bits per heavy atom. The molecule has 0 atom stereocenters. The normalized spacial score (nSPS) is 11.7. The second kappa shape index (κ2) is 17.5. The minimum Gasteiger partial charge on any atom is -0.295 e. The lowest BCUT2D eigenvalue weighted by atomic mass is 10.6. The quantitative estimate of drug-likeness (QED) is 0.290. The van der Waals surface area contributed by atoms with Gasteiger partial charge in [-0.25, -0.2) is 0 Å². The molecule has 21 heavy (non-hydrogen) atoms. The van der Waals surface area contributed by atoms with Gasteiger partial charge in [-0.3, -0.25) is 10.2 Å². The second-order valence-electron chi connectivity index (χ2n) is 5.40. The van der Waals surface area contributed by atoms with E-state index in [9.17, 15) is 0 Å². The molecule has 0 aliphatic carbocycles.